The van der Waals surface area contributed by atoms with Crippen LogP contribution in [0.2, 0.25) is 0 Å². The molecule has 2 aromatic carbocycles. The van der Waals surface area contributed by atoms with E-state index in [1.54, 1.807) is 0 Å². The minimum Gasteiger partial charge on any atom is -0.301 e. The van der Waals surface area contributed by atoms with Crippen LogP contribution < -0.4 is 5.32 Å². The zero-order valence-corrected chi connectivity index (χ0v) is 18.0. The van der Waals surface area contributed by atoms with Gasteiger partial charge in [-0.2, -0.15) is 0 Å². The van der Waals surface area contributed by atoms with Crippen molar-refractivity contribution >= 4 is 44.4 Å². The smallest absolute Gasteiger partial charge is 0.239 e. The third kappa shape index (κ3) is 4.63. The van der Waals surface area contributed by atoms with E-state index in [-0.39, 0.29) is 11.2 Å². The Labute approximate surface area is 177 Å². The molecule has 4 aromatic rings. The molecule has 0 bridgehead atoms. The van der Waals surface area contributed by atoms with Gasteiger partial charge in [-0.1, -0.05) is 59.5 Å². The molecule has 146 valence electrons. The first-order valence-electron chi connectivity index (χ1n) is 9.24. The van der Waals surface area contributed by atoms with Gasteiger partial charge in [0.05, 0.1) is 21.2 Å². The van der Waals surface area contributed by atoms with Crippen LogP contribution >= 0.6 is 23.1 Å². The standard InChI is InChI=1S/C22H20N4OS2/c1-13-9-10-17-19(11-13)29-22(25-17)26-21(27)14(2)28-20-12-18(23-15(3)24-20)16-7-5-4-6-8-16/h4-12,14H,1-3H3,(H,25,26,27). The number of carbonyl (C=O) groups is 1. The van der Waals surface area contributed by atoms with Crippen LogP contribution in [0.3, 0.4) is 0 Å². The Kier molecular flexibility index (Phi) is 5.60. The molecule has 0 fully saturated rings. The molecule has 7 heteroatoms. The Balaban J connectivity index is 1.49. The number of thioether (sulfide) groups is 1. The van der Waals surface area contributed by atoms with Crippen molar-refractivity contribution in [3.63, 3.8) is 0 Å². The number of nitrogens with one attached hydrogen (secondary N) is 1. The second-order valence-electron chi connectivity index (χ2n) is 6.74. The number of hydrogen-bond acceptors (Lipinski definition) is 6. The molecule has 0 saturated heterocycles. The lowest BCUT2D eigenvalue weighted by atomic mass is 10.1. The number of aromatic nitrogens is 3. The van der Waals surface area contributed by atoms with Gasteiger partial charge in [-0.05, 0) is 44.5 Å². The van der Waals surface area contributed by atoms with Crippen molar-refractivity contribution in [2.45, 2.75) is 31.0 Å². The van der Waals surface area contributed by atoms with Crippen LogP contribution in [0.15, 0.2) is 59.6 Å². The summed E-state index contributed by atoms with van der Waals surface area (Å²) in [5.41, 5.74) is 3.96. The predicted octanol–water partition coefficient (Wildman–Crippen LogP) is 5.49. The first-order chi connectivity index (χ1) is 14.0. The Morgan fingerprint density at radius 3 is 2.62 bits per heavy atom. The summed E-state index contributed by atoms with van der Waals surface area (Å²) in [7, 11) is 0. The zero-order chi connectivity index (χ0) is 20.4. The number of benzene rings is 2. The van der Waals surface area contributed by atoms with E-state index in [9.17, 15) is 4.79 Å². The summed E-state index contributed by atoms with van der Waals surface area (Å²) in [6, 6.07) is 18.0. The van der Waals surface area contributed by atoms with Gasteiger partial charge in [0.2, 0.25) is 5.91 Å². The zero-order valence-electron chi connectivity index (χ0n) is 16.3. The number of fused-ring (bicyclic) bond motifs is 1. The highest BCUT2D eigenvalue weighted by atomic mass is 32.2. The molecule has 1 amide bonds. The lowest BCUT2D eigenvalue weighted by molar-refractivity contribution is -0.115. The monoisotopic (exact) mass is 420 g/mol. The van der Waals surface area contributed by atoms with E-state index in [2.05, 4.69) is 26.3 Å². The molecule has 2 aromatic heterocycles. The van der Waals surface area contributed by atoms with Crippen molar-refractivity contribution in [2.24, 2.45) is 0 Å². The Morgan fingerprint density at radius 1 is 1.03 bits per heavy atom. The Hall–Kier alpha value is -2.77. The number of rotatable bonds is 5. The molecule has 5 nitrogen and oxygen atoms in total. The normalized spacial score (nSPS) is 12.1. The number of hydrogen-bond donors (Lipinski definition) is 1. The quantitative estimate of drug-likeness (QED) is 0.342. The van der Waals surface area contributed by atoms with Crippen LogP contribution in [-0.2, 0) is 4.79 Å². The van der Waals surface area contributed by atoms with Crippen LogP contribution in [0, 0.1) is 13.8 Å². The molecule has 0 aliphatic heterocycles. The van der Waals surface area contributed by atoms with Gasteiger partial charge in [-0.15, -0.1) is 0 Å². The summed E-state index contributed by atoms with van der Waals surface area (Å²) in [6.45, 7) is 5.78. The van der Waals surface area contributed by atoms with E-state index >= 15 is 0 Å². The molecule has 29 heavy (non-hydrogen) atoms. The van der Waals surface area contributed by atoms with E-state index in [1.807, 2.05) is 69.3 Å². The van der Waals surface area contributed by atoms with Crippen molar-refractivity contribution in [3.05, 3.63) is 66.0 Å². The van der Waals surface area contributed by atoms with Crippen molar-refractivity contribution in [1.82, 2.24) is 15.0 Å². The molecule has 1 N–H and O–H groups in total. The van der Waals surface area contributed by atoms with Gasteiger partial charge in [-0.25, -0.2) is 15.0 Å². The minimum absolute atomic E-state index is 0.0942. The molecule has 0 radical (unpaired) electrons. The van der Waals surface area contributed by atoms with Crippen molar-refractivity contribution < 1.29 is 4.79 Å². The summed E-state index contributed by atoms with van der Waals surface area (Å²) in [6.07, 6.45) is 0. The molecule has 1 atom stereocenters. The summed E-state index contributed by atoms with van der Waals surface area (Å²) < 4.78 is 1.07. The maximum absolute atomic E-state index is 12.7. The second kappa shape index (κ2) is 8.31. The number of nitrogens with zero attached hydrogens (tertiary/aromatic N) is 3. The SMILES string of the molecule is Cc1ccc2nc(NC(=O)C(C)Sc3cc(-c4ccccc4)nc(C)n3)sc2c1. The number of carbonyl (C=O) groups excluding carboxylic acids is 1. The number of amides is 1. The van der Waals surface area contributed by atoms with Gasteiger partial charge in [0.1, 0.15) is 10.9 Å². The molecule has 0 spiro atoms. The molecular weight excluding hydrogens is 400 g/mol. The van der Waals surface area contributed by atoms with Crippen molar-refractivity contribution in [1.29, 1.82) is 0 Å². The van der Waals surface area contributed by atoms with Gasteiger partial charge in [0, 0.05) is 5.56 Å². The summed E-state index contributed by atoms with van der Waals surface area (Å²) in [5, 5.41) is 4.01. The first-order valence-corrected chi connectivity index (χ1v) is 10.9. The second-order valence-corrected chi connectivity index (χ2v) is 9.14. The van der Waals surface area contributed by atoms with Gasteiger partial charge in [-0.3, -0.25) is 4.79 Å². The molecule has 0 aliphatic rings. The average molecular weight is 421 g/mol. The molecule has 1 unspecified atom stereocenters. The lowest BCUT2D eigenvalue weighted by Gasteiger charge is -2.11. The first kappa shape index (κ1) is 19.5. The minimum atomic E-state index is -0.318. The Bertz CT molecular complexity index is 1170. The fraction of sp³-hybridized carbons (Fsp3) is 0.182. The van der Waals surface area contributed by atoms with Crippen LogP contribution in [0.25, 0.3) is 21.5 Å². The maximum atomic E-state index is 12.7. The van der Waals surface area contributed by atoms with E-state index < -0.39 is 0 Å². The van der Waals surface area contributed by atoms with Crippen molar-refractivity contribution in [2.75, 3.05) is 5.32 Å². The lowest BCUT2D eigenvalue weighted by Crippen LogP contribution is -2.22. The van der Waals surface area contributed by atoms with Crippen LogP contribution in [0.5, 0.6) is 0 Å². The fourth-order valence-electron chi connectivity index (χ4n) is 2.88. The predicted molar refractivity (Wildman–Crippen MR) is 121 cm³/mol. The summed E-state index contributed by atoms with van der Waals surface area (Å²) in [4.78, 5) is 26.2. The van der Waals surface area contributed by atoms with E-state index in [4.69, 9.17) is 0 Å². The molecular formula is C22H20N4OS2. The topological polar surface area (TPSA) is 67.8 Å². The largest absolute Gasteiger partial charge is 0.301 e. The molecule has 2 heterocycles. The number of anilines is 1. The third-order valence-corrected chi connectivity index (χ3v) is 6.28. The van der Waals surface area contributed by atoms with Crippen LogP contribution in [-0.4, -0.2) is 26.1 Å². The highest BCUT2D eigenvalue weighted by Crippen LogP contribution is 2.29. The highest BCUT2D eigenvalue weighted by molar-refractivity contribution is 8.00. The van der Waals surface area contributed by atoms with E-state index in [0.717, 1.165) is 26.5 Å². The maximum Gasteiger partial charge on any atom is 0.239 e. The average Bonchev–Trinajstić information content (AvgIpc) is 3.09. The summed E-state index contributed by atoms with van der Waals surface area (Å²) in [5.74, 6) is 0.589. The third-order valence-electron chi connectivity index (χ3n) is 4.32. The number of thiazole rings is 1. The number of aryl methyl sites for hydroxylation is 2. The molecule has 0 saturated carbocycles. The van der Waals surface area contributed by atoms with Crippen LogP contribution in [0.1, 0.15) is 18.3 Å². The molecule has 0 aliphatic carbocycles. The van der Waals surface area contributed by atoms with Crippen LogP contribution in [0.4, 0.5) is 5.13 Å². The van der Waals surface area contributed by atoms with Gasteiger partial charge >= 0.3 is 0 Å². The van der Waals surface area contributed by atoms with Gasteiger partial charge < -0.3 is 5.32 Å². The summed E-state index contributed by atoms with van der Waals surface area (Å²) >= 11 is 2.90. The molecule has 4 rings (SSSR count). The highest BCUT2D eigenvalue weighted by Gasteiger charge is 2.18. The van der Waals surface area contributed by atoms with Gasteiger partial charge in [0.15, 0.2) is 5.13 Å². The Morgan fingerprint density at radius 2 is 1.83 bits per heavy atom. The van der Waals surface area contributed by atoms with Gasteiger partial charge in [0.25, 0.3) is 0 Å². The van der Waals surface area contributed by atoms with E-state index in [1.165, 1.54) is 28.7 Å². The van der Waals surface area contributed by atoms with E-state index in [0.29, 0.717) is 11.0 Å². The fourth-order valence-corrected chi connectivity index (χ4v) is 4.74. The van der Waals surface area contributed by atoms with Crippen molar-refractivity contribution in [3.8, 4) is 11.3 Å².